The zero-order chi connectivity index (χ0) is 19.1. The SMILES string of the molecule is CCOc1ccccc1OCC(=O)NC1CCN(C(=O)c2ccoc2)CC1. The standard InChI is InChI=1S/C20H24N2O5/c1-2-26-17-5-3-4-6-18(17)27-14-19(23)21-16-7-10-22(11-8-16)20(24)15-9-12-25-13-15/h3-6,9,12-13,16H,2,7-8,10-11,14H2,1H3,(H,21,23). The van der Waals surface area contributed by atoms with Crippen LogP contribution in [0.3, 0.4) is 0 Å². The van der Waals surface area contributed by atoms with Gasteiger partial charge in [0.15, 0.2) is 18.1 Å². The van der Waals surface area contributed by atoms with E-state index in [9.17, 15) is 9.59 Å². The number of hydrogen-bond acceptors (Lipinski definition) is 5. The Hall–Kier alpha value is -2.96. The van der Waals surface area contributed by atoms with Crippen molar-refractivity contribution in [3.63, 3.8) is 0 Å². The Bertz CT molecular complexity index is 751. The van der Waals surface area contributed by atoms with E-state index in [-0.39, 0.29) is 24.5 Å². The maximum Gasteiger partial charge on any atom is 0.258 e. The van der Waals surface area contributed by atoms with Gasteiger partial charge >= 0.3 is 0 Å². The lowest BCUT2D eigenvalue weighted by atomic mass is 10.0. The van der Waals surface area contributed by atoms with Crippen LogP contribution in [0.2, 0.25) is 0 Å². The normalized spacial score (nSPS) is 14.6. The van der Waals surface area contributed by atoms with Crippen molar-refractivity contribution in [3.8, 4) is 11.5 Å². The van der Waals surface area contributed by atoms with Crippen LogP contribution in [0.1, 0.15) is 30.1 Å². The Balaban J connectivity index is 1.43. The van der Waals surface area contributed by atoms with Crippen molar-refractivity contribution in [1.82, 2.24) is 10.2 Å². The third-order valence-corrected chi connectivity index (χ3v) is 4.42. The minimum absolute atomic E-state index is 0.0376. The third-order valence-electron chi connectivity index (χ3n) is 4.42. The van der Waals surface area contributed by atoms with Gasteiger partial charge in [-0.15, -0.1) is 0 Å². The maximum absolute atomic E-state index is 12.3. The first-order valence-electron chi connectivity index (χ1n) is 9.13. The summed E-state index contributed by atoms with van der Waals surface area (Å²) in [5.74, 6) is 0.958. The Kier molecular flexibility index (Phi) is 6.35. The van der Waals surface area contributed by atoms with Crippen molar-refractivity contribution in [2.45, 2.75) is 25.8 Å². The van der Waals surface area contributed by atoms with E-state index in [0.29, 0.717) is 49.6 Å². The highest BCUT2D eigenvalue weighted by molar-refractivity contribution is 5.93. The molecule has 1 aromatic carbocycles. The fraction of sp³-hybridized carbons (Fsp3) is 0.400. The molecule has 1 aliphatic rings. The zero-order valence-electron chi connectivity index (χ0n) is 15.3. The minimum atomic E-state index is -0.180. The predicted molar refractivity (Wildman–Crippen MR) is 98.9 cm³/mol. The van der Waals surface area contributed by atoms with Gasteiger partial charge in [-0.1, -0.05) is 12.1 Å². The zero-order valence-corrected chi connectivity index (χ0v) is 15.3. The number of nitrogens with zero attached hydrogens (tertiary/aromatic N) is 1. The second-order valence-electron chi connectivity index (χ2n) is 6.31. The van der Waals surface area contributed by atoms with E-state index in [1.165, 1.54) is 12.5 Å². The topological polar surface area (TPSA) is 81.0 Å². The minimum Gasteiger partial charge on any atom is -0.490 e. The van der Waals surface area contributed by atoms with Gasteiger partial charge in [-0.25, -0.2) is 0 Å². The average Bonchev–Trinajstić information content (AvgIpc) is 3.22. The van der Waals surface area contributed by atoms with Gasteiger partial charge < -0.3 is 24.1 Å². The Morgan fingerprint density at radius 3 is 2.48 bits per heavy atom. The number of carbonyl (C=O) groups excluding carboxylic acids is 2. The third kappa shape index (κ3) is 5.03. The van der Waals surface area contributed by atoms with Crippen LogP contribution in [-0.2, 0) is 4.79 Å². The fourth-order valence-electron chi connectivity index (χ4n) is 3.05. The molecule has 3 rings (SSSR count). The van der Waals surface area contributed by atoms with Gasteiger partial charge in [0.1, 0.15) is 6.26 Å². The number of hydrogen-bond donors (Lipinski definition) is 1. The number of amides is 2. The number of likely N-dealkylation sites (tertiary alicyclic amines) is 1. The molecule has 1 aliphatic heterocycles. The quantitative estimate of drug-likeness (QED) is 0.808. The van der Waals surface area contributed by atoms with E-state index >= 15 is 0 Å². The number of rotatable bonds is 7. The van der Waals surface area contributed by atoms with E-state index in [1.807, 2.05) is 25.1 Å². The first-order chi connectivity index (χ1) is 13.2. The molecule has 0 unspecified atom stereocenters. The van der Waals surface area contributed by atoms with Crippen LogP contribution < -0.4 is 14.8 Å². The van der Waals surface area contributed by atoms with Gasteiger partial charge in [0.25, 0.3) is 11.8 Å². The molecule has 7 nitrogen and oxygen atoms in total. The van der Waals surface area contributed by atoms with Gasteiger partial charge in [0.2, 0.25) is 0 Å². The molecule has 0 saturated carbocycles. The molecule has 144 valence electrons. The Morgan fingerprint density at radius 2 is 1.85 bits per heavy atom. The van der Waals surface area contributed by atoms with Crippen LogP contribution in [0.4, 0.5) is 0 Å². The van der Waals surface area contributed by atoms with Gasteiger partial charge in [-0.2, -0.15) is 0 Å². The Morgan fingerprint density at radius 1 is 1.15 bits per heavy atom. The van der Waals surface area contributed by atoms with Crippen molar-refractivity contribution >= 4 is 11.8 Å². The van der Waals surface area contributed by atoms with E-state index in [2.05, 4.69) is 5.32 Å². The molecule has 0 aliphatic carbocycles. The largest absolute Gasteiger partial charge is 0.490 e. The number of ether oxygens (including phenoxy) is 2. The highest BCUT2D eigenvalue weighted by atomic mass is 16.5. The summed E-state index contributed by atoms with van der Waals surface area (Å²) in [5, 5.41) is 2.97. The molecule has 1 saturated heterocycles. The molecule has 0 atom stereocenters. The Labute approximate surface area is 158 Å². The summed E-state index contributed by atoms with van der Waals surface area (Å²) < 4.78 is 16.0. The average molecular weight is 372 g/mol. The predicted octanol–water partition coefficient (Wildman–Crippen LogP) is 2.48. The molecule has 7 heteroatoms. The molecule has 2 amide bonds. The summed E-state index contributed by atoms with van der Waals surface area (Å²) in [6.07, 6.45) is 4.37. The molecule has 1 fully saturated rings. The molecule has 0 spiro atoms. The molecule has 2 heterocycles. The van der Waals surface area contributed by atoms with E-state index in [4.69, 9.17) is 13.9 Å². The number of para-hydroxylation sites is 2. The molecule has 1 N–H and O–H groups in total. The summed E-state index contributed by atoms with van der Waals surface area (Å²) in [6.45, 7) is 3.56. The van der Waals surface area contributed by atoms with Crippen LogP contribution in [0.25, 0.3) is 0 Å². The second-order valence-corrected chi connectivity index (χ2v) is 6.31. The van der Waals surface area contributed by atoms with Crippen molar-refractivity contribution < 1.29 is 23.5 Å². The van der Waals surface area contributed by atoms with Crippen molar-refractivity contribution in [1.29, 1.82) is 0 Å². The van der Waals surface area contributed by atoms with Crippen LogP contribution in [0.5, 0.6) is 11.5 Å². The molecule has 1 aromatic heterocycles. The van der Waals surface area contributed by atoms with Crippen LogP contribution >= 0.6 is 0 Å². The number of nitrogens with one attached hydrogen (secondary N) is 1. The van der Waals surface area contributed by atoms with Crippen molar-refractivity contribution in [3.05, 3.63) is 48.4 Å². The first-order valence-corrected chi connectivity index (χ1v) is 9.13. The second kappa shape index (κ2) is 9.12. The lowest BCUT2D eigenvalue weighted by molar-refractivity contribution is -0.124. The first kappa shape index (κ1) is 18.8. The highest BCUT2D eigenvalue weighted by Crippen LogP contribution is 2.26. The van der Waals surface area contributed by atoms with Gasteiger partial charge in [0.05, 0.1) is 18.4 Å². The summed E-state index contributed by atoms with van der Waals surface area (Å²) in [5.41, 5.74) is 0.554. The monoisotopic (exact) mass is 372 g/mol. The van der Waals surface area contributed by atoms with Crippen molar-refractivity contribution in [2.75, 3.05) is 26.3 Å². The lowest BCUT2D eigenvalue weighted by Crippen LogP contribution is -2.47. The van der Waals surface area contributed by atoms with Crippen LogP contribution in [0, 0.1) is 0 Å². The van der Waals surface area contributed by atoms with Gasteiger partial charge in [0, 0.05) is 19.1 Å². The number of piperidine rings is 1. The molecule has 2 aromatic rings. The molecular formula is C20H24N2O5. The summed E-state index contributed by atoms with van der Waals surface area (Å²) in [7, 11) is 0. The summed E-state index contributed by atoms with van der Waals surface area (Å²) in [6, 6.07) is 8.98. The van der Waals surface area contributed by atoms with E-state index in [1.54, 1.807) is 17.0 Å². The molecular weight excluding hydrogens is 348 g/mol. The van der Waals surface area contributed by atoms with Gasteiger partial charge in [-0.3, -0.25) is 9.59 Å². The number of carbonyl (C=O) groups is 2. The summed E-state index contributed by atoms with van der Waals surface area (Å²) >= 11 is 0. The smallest absolute Gasteiger partial charge is 0.258 e. The van der Waals surface area contributed by atoms with E-state index < -0.39 is 0 Å². The maximum atomic E-state index is 12.3. The number of benzene rings is 1. The molecule has 27 heavy (non-hydrogen) atoms. The summed E-state index contributed by atoms with van der Waals surface area (Å²) in [4.78, 5) is 26.2. The lowest BCUT2D eigenvalue weighted by Gasteiger charge is -2.32. The number of furan rings is 1. The van der Waals surface area contributed by atoms with Crippen LogP contribution in [-0.4, -0.2) is 49.1 Å². The molecule has 0 radical (unpaired) electrons. The fourth-order valence-corrected chi connectivity index (χ4v) is 3.05. The van der Waals surface area contributed by atoms with Crippen LogP contribution in [0.15, 0.2) is 47.3 Å². The van der Waals surface area contributed by atoms with Crippen molar-refractivity contribution in [2.24, 2.45) is 0 Å². The molecule has 0 bridgehead atoms. The van der Waals surface area contributed by atoms with E-state index in [0.717, 1.165) is 0 Å². The highest BCUT2D eigenvalue weighted by Gasteiger charge is 2.25. The van der Waals surface area contributed by atoms with Gasteiger partial charge in [-0.05, 0) is 38.0 Å².